The van der Waals surface area contributed by atoms with E-state index in [4.69, 9.17) is 0 Å². The van der Waals surface area contributed by atoms with Crippen LogP contribution in [0.3, 0.4) is 0 Å². The fourth-order valence-electron chi connectivity index (χ4n) is 2.82. The number of pyridine rings is 1. The molecule has 1 heterocycles. The molecule has 1 aliphatic rings. The van der Waals surface area contributed by atoms with Crippen molar-refractivity contribution in [2.24, 2.45) is 5.92 Å². The van der Waals surface area contributed by atoms with E-state index >= 15 is 0 Å². The van der Waals surface area contributed by atoms with E-state index in [9.17, 15) is 4.79 Å². The topological polar surface area (TPSA) is 54.0 Å². The van der Waals surface area contributed by atoms with Gasteiger partial charge in [-0.25, -0.2) is 0 Å². The molecule has 1 fully saturated rings. The molecule has 1 amide bonds. The lowest BCUT2D eigenvalue weighted by Gasteiger charge is -2.24. The molecule has 2 rings (SSSR count). The molecule has 2 unspecified atom stereocenters. The molecule has 1 aromatic heterocycles. The summed E-state index contributed by atoms with van der Waals surface area (Å²) in [5, 5.41) is 6.37. The summed E-state index contributed by atoms with van der Waals surface area (Å²) in [7, 11) is 0. The summed E-state index contributed by atoms with van der Waals surface area (Å²) in [6, 6.07) is 4.30. The summed E-state index contributed by atoms with van der Waals surface area (Å²) in [5.41, 5.74) is 1.48. The molecule has 1 saturated carbocycles. The second-order valence-electron chi connectivity index (χ2n) is 5.66. The van der Waals surface area contributed by atoms with Crippen LogP contribution in [-0.2, 0) is 0 Å². The standard InChI is InChI=1S/C16H25N3O/c1-3-17-16(20)15-11-13(9-10-18-15)19-14-8-6-4-5-7-12(14)2/h9-12,14H,3-8H2,1-2H3,(H,17,20)(H,18,19). The van der Waals surface area contributed by atoms with E-state index in [-0.39, 0.29) is 5.91 Å². The molecule has 1 aliphatic carbocycles. The van der Waals surface area contributed by atoms with Gasteiger partial charge in [-0.05, 0) is 37.8 Å². The fourth-order valence-corrected chi connectivity index (χ4v) is 2.82. The van der Waals surface area contributed by atoms with E-state index in [1.165, 1.54) is 32.1 Å². The molecule has 0 aliphatic heterocycles. The van der Waals surface area contributed by atoms with E-state index in [1.807, 2.05) is 19.1 Å². The molecule has 110 valence electrons. The van der Waals surface area contributed by atoms with Crippen LogP contribution in [-0.4, -0.2) is 23.5 Å². The number of nitrogens with one attached hydrogen (secondary N) is 2. The summed E-state index contributed by atoms with van der Waals surface area (Å²) in [4.78, 5) is 15.9. The fraction of sp³-hybridized carbons (Fsp3) is 0.625. The molecule has 2 atom stereocenters. The number of rotatable bonds is 4. The molecular formula is C16H25N3O. The highest BCUT2D eigenvalue weighted by atomic mass is 16.1. The van der Waals surface area contributed by atoms with E-state index < -0.39 is 0 Å². The minimum atomic E-state index is -0.106. The van der Waals surface area contributed by atoms with Crippen LogP contribution in [0.4, 0.5) is 5.69 Å². The van der Waals surface area contributed by atoms with Crippen LogP contribution >= 0.6 is 0 Å². The third kappa shape index (κ3) is 3.95. The molecule has 2 N–H and O–H groups in total. The quantitative estimate of drug-likeness (QED) is 0.830. The number of carbonyl (C=O) groups excluding carboxylic acids is 1. The molecule has 0 bridgehead atoms. The van der Waals surface area contributed by atoms with Gasteiger partial charge in [0.2, 0.25) is 0 Å². The number of aromatic nitrogens is 1. The van der Waals surface area contributed by atoms with Crippen LogP contribution in [0.1, 0.15) is 56.4 Å². The van der Waals surface area contributed by atoms with E-state index in [2.05, 4.69) is 22.5 Å². The summed E-state index contributed by atoms with van der Waals surface area (Å²) >= 11 is 0. The number of hydrogen-bond acceptors (Lipinski definition) is 3. The zero-order valence-corrected chi connectivity index (χ0v) is 12.5. The largest absolute Gasteiger partial charge is 0.382 e. The predicted octanol–water partition coefficient (Wildman–Crippen LogP) is 3.21. The monoisotopic (exact) mass is 275 g/mol. The van der Waals surface area contributed by atoms with Crippen molar-refractivity contribution < 1.29 is 4.79 Å². The van der Waals surface area contributed by atoms with Crippen molar-refractivity contribution in [3.05, 3.63) is 24.0 Å². The lowest BCUT2D eigenvalue weighted by molar-refractivity contribution is 0.0951. The zero-order chi connectivity index (χ0) is 14.4. The third-order valence-electron chi connectivity index (χ3n) is 4.04. The van der Waals surface area contributed by atoms with Gasteiger partial charge < -0.3 is 10.6 Å². The van der Waals surface area contributed by atoms with Gasteiger partial charge in [0.05, 0.1) is 0 Å². The van der Waals surface area contributed by atoms with Gasteiger partial charge in [0.1, 0.15) is 5.69 Å². The van der Waals surface area contributed by atoms with Crippen molar-refractivity contribution in [2.75, 3.05) is 11.9 Å². The highest BCUT2D eigenvalue weighted by molar-refractivity contribution is 5.93. The first-order valence-electron chi connectivity index (χ1n) is 7.71. The Hall–Kier alpha value is -1.58. The molecule has 0 radical (unpaired) electrons. The van der Waals surface area contributed by atoms with E-state index in [0.717, 1.165) is 5.69 Å². The molecule has 20 heavy (non-hydrogen) atoms. The van der Waals surface area contributed by atoms with Gasteiger partial charge in [-0.1, -0.05) is 26.2 Å². The van der Waals surface area contributed by atoms with Gasteiger partial charge in [0, 0.05) is 24.5 Å². The Morgan fingerprint density at radius 2 is 2.15 bits per heavy atom. The van der Waals surface area contributed by atoms with Crippen molar-refractivity contribution in [3.63, 3.8) is 0 Å². The van der Waals surface area contributed by atoms with Crippen LogP contribution in [0.15, 0.2) is 18.3 Å². The average Bonchev–Trinajstić information content (AvgIpc) is 2.65. The van der Waals surface area contributed by atoms with Gasteiger partial charge in [0.15, 0.2) is 0 Å². The predicted molar refractivity (Wildman–Crippen MR) is 81.9 cm³/mol. The number of hydrogen-bond donors (Lipinski definition) is 2. The van der Waals surface area contributed by atoms with Crippen molar-refractivity contribution in [1.29, 1.82) is 0 Å². The zero-order valence-electron chi connectivity index (χ0n) is 12.5. The second kappa shape index (κ2) is 7.27. The average molecular weight is 275 g/mol. The Morgan fingerprint density at radius 1 is 1.35 bits per heavy atom. The van der Waals surface area contributed by atoms with Gasteiger partial charge in [-0.2, -0.15) is 0 Å². The maximum Gasteiger partial charge on any atom is 0.269 e. The molecular weight excluding hydrogens is 250 g/mol. The molecule has 1 aromatic rings. The normalized spacial score (nSPS) is 22.9. The number of carbonyl (C=O) groups is 1. The maximum atomic E-state index is 11.8. The van der Waals surface area contributed by atoms with E-state index in [0.29, 0.717) is 24.2 Å². The third-order valence-corrected chi connectivity index (χ3v) is 4.04. The minimum absolute atomic E-state index is 0.106. The number of nitrogens with zero attached hydrogens (tertiary/aromatic N) is 1. The second-order valence-corrected chi connectivity index (χ2v) is 5.66. The van der Waals surface area contributed by atoms with Gasteiger partial charge >= 0.3 is 0 Å². The SMILES string of the molecule is CCNC(=O)c1cc(NC2CCCCCC2C)ccn1. The highest BCUT2D eigenvalue weighted by Gasteiger charge is 2.20. The Balaban J connectivity index is 2.05. The van der Waals surface area contributed by atoms with Crippen molar-refractivity contribution in [3.8, 4) is 0 Å². The molecule has 4 nitrogen and oxygen atoms in total. The van der Waals surface area contributed by atoms with Gasteiger partial charge in [-0.3, -0.25) is 9.78 Å². The van der Waals surface area contributed by atoms with Crippen LogP contribution in [0.5, 0.6) is 0 Å². The van der Waals surface area contributed by atoms with Crippen molar-refractivity contribution in [1.82, 2.24) is 10.3 Å². The van der Waals surface area contributed by atoms with Gasteiger partial charge in [0.25, 0.3) is 5.91 Å². The first-order chi connectivity index (χ1) is 9.70. The Morgan fingerprint density at radius 3 is 2.95 bits per heavy atom. The van der Waals surface area contributed by atoms with Crippen LogP contribution in [0.25, 0.3) is 0 Å². The first-order valence-corrected chi connectivity index (χ1v) is 7.71. The summed E-state index contributed by atoms with van der Waals surface area (Å²) < 4.78 is 0. The molecule has 0 spiro atoms. The minimum Gasteiger partial charge on any atom is -0.382 e. The van der Waals surface area contributed by atoms with Crippen LogP contribution in [0.2, 0.25) is 0 Å². The molecule has 0 aromatic carbocycles. The number of anilines is 1. The molecule has 0 saturated heterocycles. The lowest BCUT2D eigenvalue weighted by atomic mass is 9.97. The first kappa shape index (κ1) is 14.8. The van der Waals surface area contributed by atoms with E-state index in [1.54, 1.807) is 6.20 Å². The van der Waals surface area contributed by atoms with Gasteiger partial charge in [-0.15, -0.1) is 0 Å². The highest BCUT2D eigenvalue weighted by Crippen LogP contribution is 2.25. The maximum absolute atomic E-state index is 11.8. The van der Waals surface area contributed by atoms with Crippen LogP contribution in [0, 0.1) is 5.92 Å². The summed E-state index contributed by atoms with van der Waals surface area (Å²) in [6.45, 7) is 4.85. The Bertz CT molecular complexity index is 447. The molecule has 4 heteroatoms. The van der Waals surface area contributed by atoms with Crippen molar-refractivity contribution >= 4 is 11.6 Å². The van der Waals surface area contributed by atoms with Crippen molar-refractivity contribution in [2.45, 2.75) is 52.0 Å². The summed E-state index contributed by atoms with van der Waals surface area (Å²) in [6.07, 6.45) is 8.15. The Kier molecular flexibility index (Phi) is 5.39. The smallest absolute Gasteiger partial charge is 0.269 e. The van der Waals surface area contributed by atoms with Crippen LogP contribution < -0.4 is 10.6 Å². The summed E-state index contributed by atoms with van der Waals surface area (Å²) in [5.74, 6) is 0.573. The Labute approximate surface area is 121 Å². The lowest BCUT2D eigenvalue weighted by Crippen LogP contribution is -2.27. The number of amides is 1.